The highest BCUT2D eigenvalue weighted by Crippen LogP contribution is 1.99. The number of hydrogen-bond donors (Lipinski definition) is 1. The van der Waals surface area contributed by atoms with Gasteiger partial charge in [0.05, 0.1) is 6.10 Å². The van der Waals surface area contributed by atoms with Crippen LogP contribution in [-0.4, -0.2) is 37.2 Å². The minimum Gasteiger partial charge on any atom is -0.377 e. The van der Waals surface area contributed by atoms with E-state index in [9.17, 15) is 4.79 Å². The minimum absolute atomic E-state index is 0.0578. The van der Waals surface area contributed by atoms with E-state index < -0.39 is 0 Å². The summed E-state index contributed by atoms with van der Waals surface area (Å²) in [4.78, 5) is 13.5. The van der Waals surface area contributed by atoms with E-state index in [2.05, 4.69) is 5.32 Å². The van der Waals surface area contributed by atoms with Crippen molar-refractivity contribution in [2.24, 2.45) is 0 Å². The van der Waals surface area contributed by atoms with Crippen LogP contribution in [0.2, 0.25) is 0 Å². The number of carbonyl (C=O) groups excluding carboxylic acids is 1. The molecular formula is C14H22N2O2. The molecule has 0 radical (unpaired) electrons. The largest absolute Gasteiger partial charge is 0.377 e. The summed E-state index contributed by atoms with van der Waals surface area (Å²) in [6.45, 7) is 5.72. The van der Waals surface area contributed by atoms with Gasteiger partial charge in [0, 0.05) is 26.7 Å². The van der Waals surface area contributed by atoms with E-state index in [1.807, 2.05) is 44.2 Å². The molecule has 4 heteroatoms. The van der Waals surface area contributed by atoms with Crippen LogP contribution in [0.5, 0.6) is 0 Å². The van der Waals surface area contributed by atoms with Crippen molar-refractivity contribution in [2.75, 3.05) is 20.2 Å². The van der Waals surface area contributed by atoms with Crippen molar-refractivity contribution in [2.45, 2.75) is 26.5 Å². The second kappa shape index (κ2) is 7.71. The lowest BCUT2D eigenvalue weighted by atomic mass is 10.2. The second-order valence-corrected chi connectivity index (χ2v) is 4.29. The van der Waals surface area contributed by atoms with Crippen LogP contribution in [0.1, 0.15) is 19.4 Å². The average molecular weight is 250 g/mol. The number of nitrogens with zero attached hydrogens (tertiary/aromatic N) is 1. The van der Waals surface area contributed by atoms with Gasteiger partial charge in [-0.05, 0) is 19.4 Å². The first-order chi connectivity index (χ1) is 8.63. The van der Waals surface area contributed by atoms with Crippen molar-refractivity contribution in [3.05, 3.63) is 35.9 Å². The standard InChI is InChI=1S/C14H22N2O2/c1-4-18-12(2)11-16(3)14(17)15-10-13-8-6-5-7-9-13/h5-9,12H,4,10-11H2,1-3H3,(H,15,17). The topological polar surface area (TPSA) is 41.6 Å². The van der Waals surface area contributed by atoms with Crippen LogP contribution < -0.4 is 5.32 Å². The lowest BCUT2D eigenvalue weighted by Gasteiger charge is -2.21. The fourth-order valence-corrected chi connectivity index (χ4v) is 1.71. The third kappa shape index (κ3) is 5.19. The molecule has 1 aromatic carbocycles. The van der Waals surface area contributed by atoms with E-state index in [4.69, 9.17) is 4.74 Å². The molecule has 0 fully saturated rings. The number of amides is 2. The number of ether oxygens (including phenoxy) is 1. The summed E-state index contributed by atoms with van der Waals surface area (Å²) < 4.78 is 5.40. The first-order valence-electron chi connectivity index (χ1n) is 6.28. The van der Waals surface area contributed by atoms with Gasteiger partial charge in [-0.1, -0.05) is 30.3 Å². The third-order valence-electron chi connectivity index (χ3n) is 2.62. The molecule has 4 nitrogen and oxygen atoms in total. The number of benzene rings is 1. The quantitative estimate of drug-likeness (QED) is 0.841. The van der Waals surface area contributed by atoms with E-state index in [0.717, 1.165) is 5.56 Å². The second-order valence-electron chi connectivity index (χ2n) is 4.29. The molecule has 100 valence electrons. The SMILES string of the molecule is CCOC(C)CN(C)C(=O)NCc1ccccc1. The molecule has 2 amide bonds. The predicted molar refractivity (Wildman–Crippen MR) is 72.4 cm³/mol. The summed E-state index contributed by atoms with van der Waals surface area (Å²) in [6.07, 6.45) is 0.0578. The first-order valence-corrected chi connectivity index (χ1v) is 6.28. The highest BCUT2D eigenvalue weighted by Gasteiger charge is 2.11. The van der Waals surface area contributed by atoms with Crippen LogP contribution in [0.25, 0.3) is 0 Å². The number of carbonyl (C=O) groups is 1. The lowest BCUT2D eigenvalue weighted by Crippen LogP contribution is -2.40. The van der Waals surface area contributed by atoms with Gasteiger partial charge in [0.1, 0.15) is 0 Å². The number of nitrogens with one attached hydrogen (secondary N) is 1. The number of hydrogen-bond acceptors (Lipinski definition) is 2. The van der Waals surface area contributed by atoms with Crippen LogP contribution in [0.4, 0.5) is 4.79 Å². The molecule has 1 aromatic rings. The van der Waals surface area contributed by atoms with Crippen LogP contribution in [0, 0.1) is 0 Å². The maximum Gasteiger partial charge on any atom is 0.317 e. The van der Waals surface area contributed by atoms with Crippen LogP contribution in [0.15, 0.2) is 30.3 Å². The monoisotopic (exact) mass is 250 g/mol. The van der Waals surface area contributed by atoms with Crippen molar-refractivity contribution in [1.29, 1.82) is 0 Å². The molecular weight excluding hydrogens is 228 g/mol. The molecule has 0 saturated carbocycles. The Hall–Kier alpha value is -1.55. The van der Waals surface area contributed by atoms with Gasteiger partial charge in [-0.3, -0.25) is 0 Å². The Morgan fingerprint density at radius 1 is 1.39 bits per heavy atom. The molecule has 0 aliphatic carbocycles. The van der Waals surface area contributed by atoms with Gasteiger partial charge >= 0.3 is 6.03 Å². The molecule has 1 atom stereocenters. The summed E-state index contributed by atoms with van der Waals surface area (Å²) >= 11 is 0. The maximum absolute atomic E-state index is 11.8. The number of urea groups is 1. The molecule has 0 aliphatic heterocycles. The normalized spacial score (nSPS) is 11.9. The van der Waals surface area contributed by atoms with Crippen molar-refractivity contribution in [1.82, 2.24) is 10.2 Å². The Balaban J connectivity index is 2.32. The highest BCUT2D eigenvalue weighted by atomic mass is 16.5. The fourth-order valence-electron chi connectivity index (χ4n) is 1.71. The Bertz CT molecular complexity index is 354. The van der Waals surface area contributed by atoms with Gasteiger partial charge < -0.3 is 15.0 Å². The number of likely N-dealkylation sites (N-methyl/N-ethyl adjacent to an activating group) is 1. The zero-order valence-corrected chi connectivity index (χ0v) is 11.3. The molecule has 0 saturated heterocycles. The molecule has 0 aromatic heterocycles. The van der Waals surface area contributed by atoms with Gasteiger partial charge in [-0.25, -0.2) is 4.79 Å². The summed E-state index contributed by atoms with van der Waals surface area (Å²) in [5.74, 6) is 0. The molecule has 0 aliphatic rings. The Morgan fingerprint density at radius 2 is 2.06 bits per heavy atom. The fraction of sp³-hybridized carbons (Fsp3) is 0.500. The molecule has 1 rings (SSSR count). The molecule has 1 N–H and O–H groups in total. The van der Waals surface area contributed by atoms with Gasteiger partial charge in [0.25, 0.3) is 0 Å². The summed E-state index contributed by atoms with van der Waals surface area (Å²) in [5, 5.41) is 2.88. The van der Waals surface area contributed by atoms with Gasteiger partial charge in [0.15, 0.2) is 0 Å². The van der Waals surface area contributed by atoms with E-state index in [-0.39, 0.29) is 12.1 Å². The summed E-state index contributed by atoms with van der Waals surface area (Å²) in [6, 6.07) is 9.78. The predicted octanol–water partition coefficient (Wildman–Crippen LogP) is 2.25. The van der Waals surface area contributed by atoms with Gasteiger partial charge in [-0.2, -0.15) is 0 Å². The lowest BCUT2D eigenvalue weighted by molar-refractivity contribution is 0.0580. The first kappa shape index (κ1) is 14.5. The smallest absolute Gasteiger partial charge is 0.317 e. The average Bonchev–Trinajstić information content (AvgIpc) is 2.37. The Kier molecular flexibility index (Phi) is 6.22. The molecule has 18 heavy (non-hydrogen) atoms. The summed E-state index contributed by atoms with van der Waals surface area (Å²) in [7, 11) is 1.77. The van der Waals surface area contributed by atoms with Crippen LogP contribution >= 0.6 is 0 Å². The number of rotatable bonds is 6. The Labute approximate surface area is 109 Å². The van der Waals surface area contributed by atoms with Crippen LogP contribution in [0.3, 0.4) is 0 Å². The van der Waals surface area contributed by atoms with Crippen molar-refractivity contribution in [3.63, 3.8) is 0 Å². The zero-order valence-electron chi connectivity index (χ0n) is 11.3. The molecule has 0 spiro atoms. The van der Waals surface area contributed by atoms with E-state index in [1.165, 1.54) is 0 Å². The van der Waals surface area contributed by atoms with Crippen molar-refractivity contribution >= 4 is 6.03 Å². The van der Waals surface area contributed by atoms with Crippen molar-refractivity contribution < 1.29 is 9.53 Å². The van der Waals surface area contributed by atoms with E-state index in [0.29, 0.717) is 19.7 Å². The minimum atomic E-state index is -0.0783. The zero-order chi connectivity index (χ0) is 13.4. The molecule has 0 bridgehead atoms. The highest BCUT2D eigenvalue weighted by molar-refractivity contribution is 5.73. The molecule has 1 unspecified atom stereocenters. The van der Waals surface area contributed by atoms with Gasteiger partial charge in [-0.15, -0.1) is 0 Å². The van der Waals surface area contributed by atoms with Crippen molar-refractivity contribution in [3.8, 4) is 0 Å². The summed E-state index contributed by atoms with van der Waals surface area (Å²) in [5.41, 5.74) is 1.09. The van der Waals surface area contributed by atoms with Gasteiger partial charge in [0.2, 0.25) is 0 Å². The third-order valence-corrected chi connectivity index (χ3v) is 2.62. The van der Waals surface area contributed by atoms with Crippen LogP contribution in [-0.2, 0) is 11.3 Å². The molecule has 0 heterocycles. The van der Waals surface area contributed by atoms with E-state index in [1.54, 1.807) is 11.9 Å². The van der Waals surface area contributed by atoms with E-state index >= 15 is 0 Å². The maximum atomic E-state index is 11.8. The Morgan fingerprint density at radius 3 is 2.67 bits per heavy atom.